The highest BCUT2D eigenvalue weighted by Crippen LogP contribution is 2.05. The van der Waals surface area contributed by atoms with Gasteiger partial charge in [-0.25, -0.2) is 12.7 Å². The molecule has 170 valence electrons. The molecule has 2 rings (SSSR count). The fourth-order valence-corrected chi connectivity index (χ4v) is 4.32. The maximum atomic E-state index is 11.6. The number of sulfonamides is 1. The lowest BCUT2D eigenvalue weighted by molar-refractivity contribution is 0.194. The van der Waals surface area contributed by atoms with Gasteiger partial charge in [0, 0.05) is 59.4 Å². The van der Waals surface area contributed by atoms with Crippen LogP contribution in [0.15, 0.2) is 41.4 Å². The van der Waals surface area contributed by atoms with Gasteiger partial charge in [-0.15, -0.1) is 24.0 Å². The molecular weight excluding hydrogens is 513 g/mol. The molecule has 1 aromatic rings. The summed E-state index contributed by atoms with van der Waals surface area (Å²) in [7, 11) is -1.32. The van der Waals surface area contributed by atoms with Crippen LogP contribution in [-0.4, -0.2) is 94.1 Å². The molecule has 0 atom stereocenters. The molecule has 7 nitrogen and oxygen atoms in total. The molecule has 0 radical (unpaired) electrons. The van der Waals surface area contributed by atoms with Crippen LogP contribution in [0.5, 0.6) is 0 Å². The Balaban J connectivity index is 0.00000450. The predicted octanol–water partition coefficient (Wildman–Crippen LogP) is 2.18. The van der Waals surface area contributed by atoms with Crippen LogP contribution in [0.1, 0.15) is 18.9 Å². The van der Waals surface area contributed by atoms with Crippen molar-refractivity contribution in [1.29, 1.82) is 0 Å². The highest BCUT2D eigenvalue weighted by Gasteiger charge is 2.19. The van der Waals surface area contributed by atoms with Crippen LogP contribution in [0, 0.1) is 0 Å². The number of piperazine rings is 1. The summed E-state index contributed by atoms with van der Waals surface area (Å²) >= 11 is 0. The van der Waals surface area contributed by atoms with Crippen molar-refractivity contribution in [1.82, 2.24) is 19.4 Å². The number of rotatable bonds is 9. The van der Waals surface area contributed by atoms with E-state index < -0.39 is 10.0 Å². The minimum atomic E-state index is -3.12. The van der Waals surface area contributed by atoms with Gasteiger partial charge in [0.25, 0.3) is 0 Å². The van der Waals surface area contributed by atoms with E-state index in [9.17, 15) is 8.42 Å². The van der Waals surface area contributed by atoms with Crippen molar-refractivity contribution in [3.05, 3.63) is 42.0 Å². The van der Waals surface area contributed by atoms with E-state index in [2.05, 4.69) is 56.5 Å². The number of nitrogens with one attached hydrogen (secondary N) is 1. The molecule has 0 aromatic heterocycles. The second-order valence-corrected chi connectivity index (χ2v) is 9.17. The predicted molar refractivity (Wildman–Crippen MR) is 137 cm³/mol. The fraction of sp³-hybridized carbons (Fsp3) is 0.571. The van der Waals surface area contributed by atoms with Crippen LogP contribution in [-0.2, 0) is 10.0 Å². The monoisotopic (exact) mass is 549 g/mol. The molecule has 0 bridgehead atoms. The van der Waals surface area contributed by atoms with E-state index >= 15 is 0 Å². The molecule has 1 saturated heterocycles. The summed E-state index contributed by atoms with van der Waals surface area (Å²) in [6.07, 6.45) is 6.41. The first kappa shape index (κ1) is 26.9. The summed E-state index contributed by atoms with van der Waals surface area (Å²) in [5, 5.41) is 3.37. The maximum absolute atomic E-state index is 11.6. The van der Waals surface area contributed by atoms with Gasteiger partial charge in [-0.3, -0.25) is 9.89 Å². The van der Waals surface area contributed by atoms with Crippen molar-refractivity contribution in [2.45, 2.75) is 13.3 Å². The lowest BCUT2D eigenvalue weighted by Gasteiger charge is -2.36. The Morgan fingerprint density at radius 1 is 1.20 bits per heavy atom. The number of hydrogen-bond acceptors (Lipinski definition) is 4. The normalized spacial score (nSPS) is 16.1. The van der Waals surface area contributed by atoms with E-state index in [0.29, 0.717) is 19.6 Å². The second-order valence-electron chi connectivity index (χ2n) is 7.18. The van der Waals surface area contributed by atoms with E-state index in [4.69, 9.17) is 0 Å². The molecule has 0 unspecified atom stereocenters. The summed E-state index contributed by atoms with van der Waals surface area (Å²) in [6, 6.07) is 10.4. The van der Waals surface area contributed by atoms with Gasteiger partial charge in [-0.2, -0.15) is 0 Å². The van der Waals surface area contributed by atoms with Crippen molar-refractivity contribution >= 4 is 46.0 Å². The van der Waals surface area contributed by atoms with Crippen LogP contribution in [0.3, 0.4) is 0 Å². The standard InChI is InChI=1S/C21H35N5O2S.HI/c1-4-26(29(3,27)28)15-9-13-23-21(22-2)25-18-16-24(17-19-25)14-8-12-20-10-6-5-7-11-20;/h5-8,10-12H,4,9,13-19H2,1-3H3,(H,22,23);1H/b12-8+;. The molecule has 0 saturated carbocycles. The van der Waals surface area contributed by atoms with Gasteiger partial charge in [0.05, 0.1) is 6.26 Å². The zero-order valence-electron chi connectivity index (χ0n) is 18.3. The van der Waals surface area contributed by atoms with Crippen molar-refractivity contribution in [3.8, 4) is 0 Å². The largest absolute Gasteiger partial charge is 0.356 e. The molecule has 1 heterocycles. The van der Waals surface area contributed by atoms with Gasteiger partial charge in [-0.1, -0.05) is 49.4 Å². The van der Waals surface area contributed by atoms with Crippen molar-refractivity contribution in [3.63, 3.8) is 0 Å². The third kappa shape index (κ3) is 9.32. The average Bonchev–Trinajstić information content (AvgIpc) is 2.71. The van der Waals surface area contributed by atoms with Crippen LogP contribution < -0.4 is 5.32 Å². The third-order valence-corrected chi connectivity index (χ3v) is 6.43. The summed E-state index contributed by atoms with van der Waals surface area (Å²) in [4.78, 5) is 9.10. The summed E-state index contributed by atoms with van der Waals surface area (Å²) in [6.45, 7) is 8.42. The van der Waals surface area contributed by atoms with E-state index in [1.807, 2.05) is 13.0 Å². The molecule has 1 N–H and O–H groups in total. The van der Waals surface area contributed by atoms with Crippen molar-refractivity contribution < 1.29 is 8.42 Å². The molecular formula is C21H36IN5O2S. The Hall–Kier alpha value is -1.17. The highest BCUT2D eigenvalue weighted by atomic mass is 127. The van der Waals surface area contributed by atoms with E-state index in [0.717, 1.165) is 45.1 Å². The minimum absolute atomic E-state index is 0. The first-order chi connectivity index (χ1) is 13.9. The number of guanidine groups is 1. The Morgan fingerprint density at radius 3 is 2.43 bits per heavy atom. The van der Waals surface area contributed by atoms with Gasteiger partial charge in [0.15, 0.2) is 5.96 Å². The third-order valence-electron chi connectivity index (χ3n) is 5.05. The molecule has 9 heteroatoms. The van der Waals surface area contributed by atoms with Gasteiger partial charge in [0.1, 0.15) is 0 Å². The molecule has 1 fully saturated rings. The quantitative estimate of drug-likeness (QED) is 0.222. The number of nitrogens with zero attached hydrogens (tertiary/aromatic N) is 4. The molecule has 0 amide bonds. The van der Waals surface area contributed by atoms with Crippen LogP contribution in [0.2, 0.25) is 0 Å². The molecule has 0 aliphatic carbocycles. The first-order valence-electron chi connectivity index (χ1n) is 10.3. The van der Waals surface area contributed by atoms with E-state index in [1.165, 1.54) is 16.1 Å². The van der Waals surface area contributed by atoms with Gasteiger partial charge in [0.2, 0.25) is 10.0 Å². The maximum Gasteiger partial charge on any atom is 0.211 e. The second kappa shape index (κ2) is 14.0. The molecule has 1 aromatic carbocycles. The molecule has 30 heavy (non-hydrogen) atoms. The Bertz CT molecular complexity index is 763. The number of aliphatic imine (C=N–C) groups is 1. The Labute approximate surface area is 199 Å². The Kier molecular flexibility index (Phi) is 12.5. The van der Waals surface area contributed by atoms with Gasteiger partial charge < -0.3 is 10.2 Å². The number of benzene rings is 1. The van der Waals surface area contributed by atoms with Crippen LogP contribution in [0.4, 0.5) is 0 Å². The molecule has 1 aliphatic rings. The average molecular weight is 550 g/mol. The lowest BCUT2D eigenvalue weighted by atomic mass is 10.2. The van der Waals surface area contributed by atoms with E-state index in [-0.39, 0.29) is 24.0 Å². The lowest BCUT2D eigenvalue weighted by Crippen LogP contribution is -2.52. The smallest absolute Gasteiger partial charge is 0.211 e. The number of hydrogen-bond donors (Lipinski definition) is 1. The molecule has 1 aliphatic heterocycles. The summed E-state index contributed by atoms with van der Waals surface area (Å²) in [5.74, 6) is 0.895. The number of halogens is 1. The topological polar surface area (TPSA) is 68.2 Å². The highest BCUT2D eigenvalue weighted by molar-refractivity contribution is 14.0. The molecule has 0 spiro atoms. The van der Waals surface area contributed by atoms with E-state index in [1.54, 1.807) is 7.05 Å². The first-order valence-corrected chi connectivity index (χ1v) is 12.1. The van der Waals surface area contributed by atoms with Crippen molar-refractivity contribution in [2.75, 3.05) is 65.7 Å². The minimum Gasteiger partial charge on any atom is -0.356 e. The van der Waals surface area contributed by atoms with Gasteiger partial charge in [-0.05, 0) is 12.0 Å². The van der Waals surface area contributed by atoms with Crippen LogP contribution in [0.25, 0.3) is 6.08 Å². The SMILES string of the molecule is CCN(CCCNC(=NC)N1CCN(C/C=C/c2ccccc2)CC1)S(C)(=O)=O.I. The summed E-state index contributed by atoms with van der Waals surface area (Å²) < 4.78 is 24.8. The zero-order valence-corrected chi connectivity index (χ0v) is 21.5. The Morgan fingerprint density at radius 2 is 1.87 bits per heavy atom. The zero-order chi connectivity index (χ0) is 21.1. The summed E-state index contributed by atoms with van der Waals surface area (Å²) in [5.41, 5.74) is 1.23. The fourth-order valence-electron chi connectivity index (χ4n) is 3.39. The van der Waals surface area contributed by atoms with Crippen molar-refractivity contribution in [2.24, 2.45) is 4.99 Å². The van der Waals surface area contributed by atoms with Gasteiger partial charge >= 0.3 is 0 Å². The van der Waals surface area contributed by atoms with Crippen LogP contribution >= 0.6 is 24.0 Å².